The lowest BCUT2D eigenvalue weighted by atomic mass is 9.75. The number of halogens is 1. The van der Waals surface area contributed by atoms with Crippen LogP contribution in [0, 0.1) is 0 Å². The van der Waals surface area contributed by atoms with Crippen LogP contribution in [0.2, 0.25) is 0 Å². The van der Waals surface area contributed by atoms with E-state index in [1.165, 1.54) is 0 Å². The summed E-state index contributed by atoms with van der Waals surface area (Å²) in [7, 11) is 0. The molecule has 2 N–H and O–H groups in total. The highest BCUT2D eigenvalue weighted by molar-refractivity contribution is 5.85. The largest absolute Gasteiger partial charge is 0.328 e. The molecule has 1 aliphatic rings. The molecule has 1 rings (SSSR count). The molecule has 1 saturated carbocycles. The fourth-order valence-electron chi connectivity index (χ4n) is 1.26. The molecule has 0 unspecified atom stereocenters. The Morgan fingerprint density at radius 1 is 1.70 bits per heavy atom. The van der Waals surface area contributed by atoms with E-state index in [2.05, 4.69) is 10.0 Å². The number of nitrogens with zero attached hydrogens (tertiary/aromatic N) is 3. The van der Waals surface area contributed by atoms with Crippen molar-refractivity contribution in [2.24, 2.45) is 10.8 Å². The van der Waals surface area contributed by atoms with Gasteiger partial charge in [0.1, 0.15) is 0 Å². The summed E-state index contributed by atoms with van der Waals surface area (Å²) in [5.74, 6) is 0. The first-order valence-corrected chi connectivity index (χ1v) is 2.98. The van der Waals surface area contributed by atoms with Crippen molar-refractivity contribution in [3.05, 3.63) is 10.4 Å². The second-order valence-corrected chi connectivity index (χ2v) is 2.85. The third-order valence-corrected chi connectivity index (χ3v) is 1.69. The molecule has 0 amide bonds. The lowest BCUT2D eigenvalue weighted by Gasteiger charge is -2.39. The zero-order valence-corrected chi connectivity index (χ0v) is 6.64. The minimum Gasteiger partial charge on any atom is -0.328 e. The number of hydrogen-bond acceptors (Lipinski definition) is 2. The Balaban J connectivity index is 0.000000810. The van der Waals surface area contributed by atoms with Crippen molar-refractivity contribution < 1.29 is 0 Å². The molecule has 1 aliphatic carbocycles. The maximum absolute atomic E-state index is 8.07. The van der Waals surface area contributed by atoms with Gasteiger partial charge in [-0.2, -0.15) is 0 Å². The van der Waals surface area contributed by atoms with Crippen LogP contribution >= 0.6 is 12.4 Å². The van der Waals surface area contributed by atoms with Crippen molar-refractivity contribution in [3.8, 4) is 0 Å². The summed E-state index contributed by atoms with van der Waals surface area (Å²) in [4.78, 5) is 2.73. The lowest BCUT2D eigenvalue weighted by molar-refractivity contribution is 0.232. The maximum atomic E-state index is 8.07. The number of hydrogen-bond donors (Lipinski definition) is 1. The Bertz CT molecular complexity index is 157. The summed E-state index contributed by atoms with van der Waals surface area (Å²) in [5.41, 5.74) is 13.4. The molecule has 5 heteroatoms. The number of azide groups is 1. The van der Waals surface area contributed by atoms with Crippen molar-refractivity contribution in [1.29, 1.82) is 0 Å². The van der Waals surface area contributed by atoms with E-state index in [1.54, 1.807) is 0 Å². The molecule has 0 radical (unpaired) electrons. The molecule has 0 bridgehead atoms. The minimum absolute atomic E-state index is 0. The first-order valence-electron chi connectivity index (χ1n) is 2.98. The predicted molar refractivity (Wildman–Crippen MR) is 42.0 cm³/mol. The Hall–Kier alpha value is -0.440. The van der Waals surface area contributed by atoms with Crippen LogP contribution in [-0.2, 0) is 0 Å². The van der Waals surface area contributed by atoms with Crippen LogP contribution in [0.3, 0.4) is 0 Å². The Kier molecular flexibility index (Phi) is 2.96. The third-order valence-electron chi connectivity index (χ3n) is 1.69. The molecule has 0 atom stereocenters. The first-order chi connectivity index (χ1) is 4.16. The molecule has 0 aromatic heterocycles. The van der Waals surface area contributed by atoms with Gasteiger partial charge in [0.15, 0.2) is 0 Å². The average Bonchev–Trinajstić information content (AvgIpc) is 1.62. The van der Waals surface area contributed by atoms with E-state index in [0.717, 1.165) is 12.8 Å². The van der Waals surface area contributed by atoms with Gasteiger partial charge < -0.3 is 5.73 Å². The molecule has 0 aliphatic heterocycles. The van der Waals surface area contributed by atoms with E-state index >= 15 is 0 Å². The van der Waals surface area contributed by atoms with Crippen LogP contribution in [-0.4, -0.2) is 11.6 Å². The van der Waals surface area contributed by atoms with Crippen LogP contribution in [0.15, 0.2) is 5.11 Å². The molecule has 0 aromatic rings. The quantitative estimate of drug-likeness (QED) is 0.355. The van der Waals surface area contributed by atoms with Crippen LogP contribution in [0.4, 0.5) is 0 Å². The van der Waals surface area contributed by atoms with Gasteiger partial charge in [-0.05, 0) is 18.4 Å². The second kappa shape index (κ2) is 3.10. The van der Waals surface area contributed by atoms with E-state index < -0.39 is 0 Å². The van der Waals surface area contributed by atoms with Gasteiger partial charge in [0.05, 0.1) is 0 Å². The van der Waals surface area contributed by atoms with Gasteiger partial charge in [-0.25, -0.2) is 0 Å². The summed E-state index contributed by atoms with van der Waals surface area (Å²) in [6.45, 7) is 1.93. The molecule has 58 valence electrons. The SMILES string of the molecule is CC1(N=[N+]=[N-])CC(N)C1.Cl. The highest BCUT2D eigenvalue weighted by Crippen LogP contribution is 2.34. The highest BCUT2D eigenvalue weighted by atomic mass is 35.5. The predicted octanol–water partition coefficient (Wildman–Crippen LogP) is 1.60. The van der Waals surface area contributed by atoms with E-state index in [9.17, 15) is 0 Å². The molecule has 0 aromatic carbocycles. The normalized spacial score (nSPS) is 36.8. The minimum atomic E-state index is -0.172. The molecule has 0 heterocycles. The first kappa shape index (κ1) is 9.56. The van der Waals surface area contributed by atoms with Crippen molar-refractivity contribution in [1.82, 2.24) is 0 Å². The zero-order valence-electron chi connectivity index (χ0n) is 5.82. The van der Waals surface area contributed by atoms with E-state index in [-0.39, 0.29) is 24.0 Å². The van der Waals surface area contributed by atoms with Crippen LogP contribution in [0.1, 0.15) is 19.8 Å². The molecular formula is C5H11ClN4. The van der Waals surface area contributed by atoms with Crippen LogP contribution in [0.5, 0.6) is 0 Å². The number of nitrogens with two attached hydrogens (primary N) is 1. The summed E-state index contributed by atoms with van der Waals surface area (Å²) >= 11 is 0. The summed E-state index contributed by atoms with van der Waals surface area (Å²) in [6.07, 6.45) is 1.66. The Morgan fingerprint density at radius 3 is 2.50 bits per heavy atom. The van der Waals surface area contributed by atoms with Crippen molar-refractivity contribution in [2.45, 2.75) is 31.3 Å². The lowest BCUT2D eigenvalue weighted by Crippen LogP contribution is -2.47. The molecule has 0 spiro atoms. The van der Waals surface area contributed by atoms with Gasteiger partial charge in [0.2, 0.25) is 0 Å². The molecule has 0 saturated heterocycles. The fourth-order valence-corrected chi connectivity index (χ4v) is 1.26. The Morgan fingerprint density at radius 2 is 2.20 bits per heavy atom. The molecule has 4 nitrogen and oxygen atoms in total. The fraction of sp³-hybridized carbons (Fsp3) is 1.00. The maximum Gasteiger partial charge on any atom is 0.0489 e. The topological polar surface area (TPSA) is 74.8 Å². The van der Waals surface area contributed by atoms with Gasteiger partial charge in [-0.1, -0.05) is 12.0 Å². The van der Waals surface area contributed by atoms with Crippen molar-refractivity contribution in [3.63, 3.8) is 0 Å². The second-order valence-electron chi connectivity index (χ2n) is 2.85. The van der Waals surface area contributed by atoms with E-state index in [1.807, 2.05) is 6.92 Å². The summed E-state index contributed by atoms with van der Waals surface area (Å²) < 4.78 is 0. The van der Waals surface area contributed by atoms with Gasteiger partial charge in [-0.15, -0.1) is 12.4 Å². The van der Waals surface area contributed by atoms with Gasteiger partial charge in [-0.3, -0.25) is 0 Å². The van der Waals surface area contributed by atoms with Crippen LogP contribution in [0.25, 0.3) is 10.4 Å². The summed E-state index contributed by atoms with van der Waals surface area (Å²) in [5, 5.41) is 3.61. The summed E-state index contributed by atoms with van der Waals surface area (Å²) in [6, 6.07) is 0.250. The standard InChI is InChI=1S/C5H10N4.ClH/c1-5(8-9-7)2-4(6)3-5;/h4H,2-3,6H2,1H3;1H. The van der Waals surface area contributed by atoms with Crippen LogP contribution < -0.4 is 5.73 Å². The van der Waals surface area contributed by atoms with Crippen molar-refractivity contribution >= 4 is 12.4 Å². The number of rotatable bonds is 1. The van der Waals surface area contributed by atoms with Crippen molar-refractivity contribution in [2.75, 3.05) is 0 Å². The molecular weight excluding hydrogens is 152 g/mol. The highest BCUT2D eigenvalue weighted by Gasteiger charge is 2.37. The van der Waals surface area contributed by atoms with E-state index in [0.29, 0.717) is 0 Å². The Labute approximate surface area is 65.8 Å². The zero-order chi connectivity index (χ0) is 6.91. The monoisotopic (exact) mass is 162 g/mol. The third kappa shape index (κ3) is 1.77. The van der Waals surface area contributed by atoms with Gasteiger partial charge >= 0.3 is 0 Å². The van der Waals surface area contributed by atoms with E-state index in [4.69, 9.17) is 11.3 Å². The average molecular weight is 163 g/mol. The molecule has 1 fully saturated rings. The van der Waals surface area contributed by atoms with Gasteiger partial charge in [0.25, 0.3) is 0 Å². The molecule has 10 heavy (non-hydrogen) atoms. The smallest absolute Gasteiger partial charge is 0.0489 e. The van der Waals surface area contributed by atoms with Gasteiger partial charge in [0, 0.05) is 16.5 Å².